The van der Waals surface area contributed by atoms with E-state index < -0.39 is 0 Å². The number of aromatic nitrogens is 4. The van der Waals surface area contributed by atoms with Crippen LogP contribution in [-0.4, -0.2) is 19.1 Å². The predicted octanol–water partition coefficient (Wildman–Crippen LogP) is 1.58. The van der Waals surface area contributed by atoms with Gasteiger partial charge in [0.15, 0.2) is 5.82 Å². The Hall–Kier alpha value is -1.43. The van der Waals surface area contributed by atoms with Gasteiger partial charge in [0.05, 0.1) is 0 Å². The molecule has 2 heterocycles. The molecule has 0 radical (unpaired) electrons. The highest BCUT2D eigenvalue weighted by Crippen LogP contribution is 2.16. The first-order chi connectivity index (χ1) is 6.78. The van der Waals surface area contributed by atoms with E-state index in [1.165, 1.54) is 11.5 Å². The maximum absolute atomic E-state index is 4.28. The lowest BCUT2D eigenvalue weighted by Gasteiger charge is -1.94. The number of nitrogens with zero attached hydrogens (tertiary/aromatic N) is 4. The van der Waals surface area contributed by atoms with Crippen molar-refractivity contribution in [2.75, 3.05) is 5.32 Å². The lowest BCUT2D eigenvalue weighted by atomic mass is 10.5. The van der Waals surface area contributed by atoms with Crippen LogP contribution in [-0.2, 0) is 13.5 Å². The van der Waals surface area contributed by atoms with Crippen molar-refractivity contribution in [3.63, 3.8) is 0 Å². The molecule has 2 aromatic heterocycles. The Kier molecular flexibility index (Phi) is 2.45. The van der Waals surface area contributed by atoms with Crippen molar-refractivity contribution in [2.45, 2.75) is 13.3 Å². The summed E-state index contributed by atoms with van der Waals surface area (Å²) >= 11 is 1.36. The predicted molar refractivity (Wildman–Crippen MR) is 55.8 cm³/mol. The Bertz CT molecular complexity index is 419. The highest BCUT2D eigenvalue weighted by atomic mass is 32.1. The zero-order chi connectivity index (χ0) is 9.97. The lowest BCUT2D eigenvalue weighted by Crippen LogP contribution is -1.93. The monoisotopic (exact) mass is 209 g/mol. The van der Waals surface area contributed by atoms with E-state index in [0.29, 0.717) is 0 Å². The maximum Gasteiger partial charge on any atom is 0.208 e. The van der Waals surface area contributed by atoms with E-state index >= 15 is 0 Å². The van der Waals surface area contributed by atoms with E-state index in [9.17, 15) is 0 Å². The Morgan fingerprint density at radius 1 is 1.57 bits per heavy atom. The van der Waals surface area contributed by atoms with Crippen LogP contribution in [0.1, 0.15) is 12.7 Å². The summed E-state index contributed by atoms with van der Waals surface area (Å²) in [6.45, 7) is 2.03. The maximum atomic E-state index is 4.28. The number of hydrogen-bond acceptors (Lipinski definition) is 5. The Morgan fingerprint density at radius 3 is 3.00 bits per heavy atom. The molecule has 2 aromatic rings. The third-order valence-corrected chi connectivity index (χ3v) is 2.40. The molecule has 0 aliphatic heterocycles. The molecule has 5 nitrogen and oxygen atoms in total. The van der Waals surface area contributed by atoms with Crippen LogP contribution in [0.25, 0.3) is 0 Å². The van der Waals surface area contributed by atoms with Crippen molar-refractivity contribution < 1.29 is 0 Å². The van der Waals surface area contributed by atoms with Crippen molar-refractivity contribution >= 4 is 22.5 Å². The Labute approximate surface area is 86.0 Å². The first-order valence-corrected chi connectivity index (χ1v) is 5.14. The summed E-state index contributed by atoms with van der Waals surface area (Å²) < 4.78 is 5.91. The van der Waals surface area contributed by atoms with Gasteiger partial charge in [-0.3, -0.25) is 4.68 Å². The van der Waals surface area contributed by atoms with E-state index in [1.807, 2.05) is 26.2 Å². The molecular formula is C8H11N5S. The third-order valence-electron chi connectivity index (χ3n) is 1.73. The zero-order valence-electron chi connectivity index (χ0n) is 8.06. The van der Waals surface area contributed by atoms with E-state index in [-0.39, 0.29) is 0 Å². The summed E-state index contributed by atoms with van der Waals surface area (Å²) in [6, 6.07) is 1.90. The van der Waals surface area contributed by atoms with Crippen molar-refractivity contribution in [1.29, 1.82) is 0 Å². The topological polar surface area (TPSA) is 55.6 Å². The molecule has 0 aromatic carbocycles. The molecule has 0 aliphatic rings. The smallest absolute Gasteiger partial charge is 0.208 e. The summed E-state index contributed by atoms with van der Waals surface area (Å²) in [7, 11) is 1.88. The van der Waals surface area contributed by atoms with Crippen LogP contribution >= 0.6 is 11.5 Å². The Morgan fingerprint density at radius 2 is 2.43 bits per heavy atom. The second-order valence-corrected chi connectivity index (χ2v) is 3.62. The number of rotatable bonds is 3. The first-order valence-electron chi connectivity index (χ1n) is 4.37. The largest absolute Gasteiger partial charge is 0.313 e. The normalized spacial score (nSPS) is 10.4. The van der Waals surface area contributed by atoms with Crippen LogP contribution in [0, 0.1) is 0 Å². The minimum atomic E-state index is 0.792. The molecule has 0 atom stereocenters. The molecule has 2 rings (SSSR count). The SMILES string of the molecule is CCc1nsc(Nc2ccn(C)n2)n1. The second-order valence-electron chi connectivity index (χ2n) is 2.87. The van der Waals surface area contributed by atoms with E-state index in [1.54, 1.807) is 4.68 Å². The van der Waals surface area contributed by atoms with Crippen LogP contribution < -0.4 is 5.32 Å². The minimum Gasteiger partial charge on any atom is -0.313 e. The number of hydrogen-bond donors (Lipinski definition) is 1. The average Bonchev–Trinajstić information content (AvgIpc) is 2.76. The molecule has 74 valence electrons. The number of nitrogens with one attached hydrogen (secondary N) is 1. The van der Waals surface area contributed by atoms with Gasteiger partial charge in [0, 0.05) is 37.3 Å². The van der Waals surface area contributed by atoms with E-state index in [2.05, 4.69) is 19.8 Å². The molecule has 0 saturated carbocycles. The van der Waals surface area contributed by atoms with Crippen molar-refractivity contribution in [2.24, 2.45) is 7.05 Å². The highest BCUT2D eigenvalue weighted by molar-refractivity contribution is 7.09. The molecule has 0 aliphatic carbocycles. The lowest BCUT2D eigenvalue weighted by molar-refractivity contribution is 0.771. The molecule has 6 heteroatoms. The summed E-state index contributed by atoms with van der Waals surface area (Å²) in [5, 5.41) is 8.07. The van der Waals surface area contributed by atoms with Crippen LogP contribution in [0.15, 0.2) is 12.3 Å². The summed E-state index contributed by atoms with van der Waals surface area (Å²) in [5.74, 6) is 1.67. The fourth-order valence-electron chi connectivity index (χ4n) is 1.04. The molecule has 0 amide bonds. The van der Waals surface area contributed by atoms with Crippen LogP contribution in [0.5, 0.6) is 0 Å². The van der Waals surface area contributed by atoms with Gasteiger partial charge in [-0.15, -0.1) is 0 Å². The summed E-state index contributed by atoms with van der Waals surface area (Å²) in [4.78, 5) is 4.28. The van der Waals surface area contributed by atoms with Gasteiger partial charge in [0.2, 0.25) is 5.13 Å². The second kappa shape index (κ2) is 3.75. The molecule has 14 heavy (non-hydrogen) atoms. The number of aryl methyl sites for hydroxylation is 2. The third kappa shape index (κ3) is 1.90. The van der Waals surface area contributed by atoms with Crippen LogP contribution in [0.2, 0.25) is 0 Å². The van der Waals surface area contributed by atoms with Gasteiger partial charge >= 0.3 is 0 Å². The quantitative estimate of drug-likeness (QED) is 0.833. The fraction of sp³-hybridized carbons (Fsp3) is 0.375. The molecule has 0 fully saturated rings. The molecule has 1 N–H and O–H groups in total. The molecule has 0 unspecified atom stereocenters. The molecular weight excluding hydrogens is 198 g/mol. The van der Waals surface area contributed by atoms with Crippen LogP contribution in [0.4, 0.5) is 10.9 Å². The van der Waals surface area contributed by atoms with Gasteiger partial charge in [-0.05, 0) is 0 Å². The van der Waals surface area contributed by atoms with Gasteiger partial charge in [-0.25, -0.2) is 4.98 Å². The van der Waals surface area contributed by atoms with Gasteiger partial charge in [-0.1, -0.05) is 6.92 Å². The summed E-state index contributed by atoms with van der Waals surface area (Å²) in [6.07, 6.45) is 2.74. The number of anilines is 2. The van der Waals surface area contributed by atoms with Gasteiger partial charge in [0.25, 0.3) is 0 Å². The van der Waals surface area contributed by atoms with Gasteiger partial charge in [0.1, 0.15) is 5.82 Å². The highest BCUT2D eigenvalue weighted by Gasteiger charge is 2.03. The molecule has 0 saturated heterocycles. The minimum absolute atomic E-state index is 0.792. The van der Waals surface area contributed by atoms with Gasteiger partial charge < -0.3 is 5.32 Å². The van der Waals surface area contributed by atoms with E-state index in [0.717, 1.165) is 23.2 Å². The van der Waals surface area contributed by atoms with Gasteiger partial charge in [-0.2, -0.15) is 9.47 Å². The van der Waals surface area contributed by atoms with Crippen molar-refractivity contribution in [1.82, 2.24) is 19.1 Å². The first kappa shape index (κ1) is 9.14. The van der Waals surface area contributed by atoms with Crippen LogP contribution in [0.3, 0.4) is 0 Å². The zero-order valence-corrected chi connectivity index (χ0v) is 8.88. The Balaban J connectivity index is 2.10. The average molecular weight is 209 g/mol. The standard InChI is InChI=1S/C8H11N5S/c1-3-6-9-8(14-12-6)10-7-4-5-13(2)11-7/h4-5H,3H2,1-2H3,(H,9,10,11,12). The summed E-state index contributed by atoms with van der Waals surface area (Å²) in [5.41, 5.74) is 0. The molecule has 0 bridgehead atoms. The molecule has 0 spiro atoms. The van der Waals surface area contributed by atoms with E-state index in [4.69, 9.17) is 0 Å². The fourth-order valence-corrected chi connectivity index (χ4v) is 1.70. The van der Waals surface area contributed by atoms with Crippen molar-refractivity contribution in [3.8, 4) is 0 Å². The van der Waals surface area contributed by atoms with Crippen molar-refractivity contribution in [3.05, 3.63) is 18.1 Å².